The molecule has 1 aliphatic carbocycles. The zero-order valence-corrected chi connectivity index (χ0v) is 13.8. The fraction of sp³-hybridized carbons (Fsp3) is 0.0556. The van der Waals surface area contributed by atoms with Crippen molar-refractivity contribution in [2.24, 2.45) is 5.73 Å². The summed E-state index contributed by atoms with van der Waals surface area (Å²) in [5, 5.41) is 1.73. The van der Waals surface area contributed by atoms with Crippen molar-refractivity contribution < 1.29 is 28.7 Å². The summed E-state index contributed by atoms with van der Waals surface area (Å²) in [4.78, 5) is 59.4. The number of nitrogens with one attached hydrogen (secondary N) is 1. The predicted molar refractivity (Wildman–Crippen MR) is 92.2 cm³/mol. The van der Waals surface area contributed by atoms with Gasteiger partial charge in [0.1, 0.15) is 0 Å². The van der Waals surface area contributed by atoms with E-state index in [0.29, 0.717) is 0 Å². The van der Waals surface area contributed by atoms with E-state index in [0.717, 1.165) is 0 Å². The summed E-state index contributed by atoms with van der Waals surface area (Å²) in [6, 6.07) is 7.74. The molecule has 0 aliphatic heterocycles. The second-order valence-corrected chi connectivity index (χ2v) is 5.64. The Kier molecular flexibility index (Phi) is 4.43. The number of primary amides is 1. The lowest BCUT2D eigenvalue weighted by atomic mass is 9.82. The number of nitrogen functional groups attached to an aromatic ring is 1. The van der Waals surface area contributed by atoms with Gasteiger partial charge in [-0.1, -0.05) is 24.3 Å². The minimum absolute atomic E-state index is 0.0826. The Labute approximate surface area is 152 Å². The standard InChI is InChI=1S/C18H13N3O6/c19-14-11(17(25)27-7-12(22)21-18(20)26)6-5-10-13(14)16(24)9-4-2-1-3-8(9)15(10)23/h1-6H,7,19H2,(H3,20,21,22,26). The molecule has 0 heterocycles. The van der Waals surface area contributed by atoms with E-state index in [4.69, 9.17) is 16.2 Å². The normalized spacial score (nSPS) is 12.0. The maximum absolute atomic E-state index is 12.7. The lowest BCUT2D eigenvalue weighted by molar-refractivity contribution is -0.123. The molecule has 0 aromatic heterocycles. The number of anilines is 1. The highest BCUT2D eigenvalue weighted by Crippen LogP contribution is 2.32. The molecule has 0 atom stereocenters. The molecule has 0 saturated carbocycles. The average molecular weight is 367 g/mol. The number of fused-ring (bicyclic) bond motifs is 2. The lowest BCUT2D eigenvalue weighted by Crippen LogP contribution is -2.37. The number of ketones is 2. The molecule has 9 nitrogen and oxygen atoms in total. The Morgan fingerprint density at radius 3 is 2.19 bits per heavy atom. The third kappa shape index (κ3) is 3.13. The first-order valence-electron chi connectivity index (χ1n) is 7.68. The summed E-state index contributed by atoms with van der Waals surface area (Å²) in [6.07, 6.45) is 0. The highest BCUT2D eigenvalue weighted by Gasteiger charge is 2.33. The summed E-state index contributed by atoms with van der Waals surface area (Å²) in [7, 11) is 0. The molecule has 136 valence electrons. The molecule has 5 N–H and O–H groups in total. The second kappa shape index (κ2) is 6.71. The van der Waals surface area contributed by atoms with Gasteiger partial charge in [-0.2, -0.15) is 0 Å². The van der Waals surface area contributed by atoms with Gasteiger partial charge in [0.15, 0.2) is 18.2 Å². The Bertz CT molecular complexity index is 1030. The van der Waals surface area contributed by atoms with E-state index in [1.54, 1.807) is 17.4 Å². The van der Waals surface area contributed by atoms with Gasteiger partial charge in [0.05, 0.1) is 16.8 Å². The molecule has 2 aromatic rings. The first kappa shape index (κ1) is 17.8. The molecule has 9 heteroatoms. The lowest BCUT2D eigenvalue weighted by Gasteiger charge is -2.20. The van der Waals surface area contributed by atoms with E-state index < -0.39 is 30.3 Å². The maximum atomic E-state index is 12.7. The minimum Gasteiger partial charge on any atom is -0.452 e. The third-order valence-electron chi connectivity index (χ3n) is 3.95. The number of amides is 3. The summed E-state index contributed by atoms with van der Waals surface area (Å²) < 4.78 is 4.76. The number of carbonyl (C=O) groups is 5. The van der Waals surface area contributed by atoms with Gasteiger partial charge in [0.25, 0.3) is 5.91 Å². The van der Waals surface area contributed by atoms with Gasteiger partial charge >= 0.3 is 12.0 Å². The van der Waals surface area contributed by atoms with Crippen LogP contribution in [0.2, 0.25) is 0 Å². The fourth-order valence-electron chi connectivity index (χ4n) is 2.77. The van der Waals surface area contributed by atoms with Crippen LogP contribution in [0.15, 0.2) is 36.4 Å². The largest absolute Gasteiger partial charge is 0.452 e. The van der Waals surface area contributed by atoms with Crippen LogP contribution in [0, 0.1) is 0 Å². The zero-order chi connectivity index (χ0) is 19.7. The van der Waals surface area contributed by atoms with Gasteiger partial charge in [-0.15, -0.1) is 0 Å². The van der Waals surface area contributed by atoms with Crippen LogP contribution in [0.25, 0.3) is 0 Å². The molecule has 0 unspecified atom stereocenters. The maximum Gasteiger partial charge on any atom is 0.340 e. The van der Waals surface area contributed by atoms with E-state index in [9.17, 15) is 24.0 Å². The smallest absolute Gasteiger partial charge is 0.340 e. The van der Waals surface area contributed by atoms with Crippen LogP contribution in [-0.4, -0.2) is 36.1 Å². The highest BCUT2D eigenvalue weighted by molar-refractivity contribution is 6.30. The number of carbonyl (C=O) groups excluding carboxylic acids is 5. The summed E-state index contributed by atoms with van der Waals surface area (Å²) in [6.45, 7) is -0.770. The summed E-state index contributed by atoms with van der Waals surface area (Å²) in [5.74, 6) is -2.78. The fourth-order valence-corrected chi connectivity index (χ4v) is 2.77. The molecule has 27 heavy (non-hydrogen) atoms. The molecular formula is C18H13N3O6. The van der Waals surface area contributed by atoms with Crippen molar-refractivity contribution in [3.8, 4) is 0 Å². The molecule has 0 bridgehead atoms. The number of benzene rings is 2. The highest BCUT2D eigenvalue weighted by atomic mass is 16.5. The van der Waals surface area contributed by atoms with Crippen molar-refractivity contribution in [3.05, 3.63) is 64.2 Å². The number of hydrogen-bond donors (Lipinski definition) is 3. The zero-order valence-electron chi connectivity index (χ0n) is 13.8. The van der Waals surface area contributed by atoms with E-state index in [2.05, 4.69) is 0 Å². The van der Waals surface area contributed by atoms with Crippen molar-refractivity contribution in [1.82, 2.24) is 5.32 Å². The number of nitrogens with two attached hydrogens (primary N) is 2. The van der Waals surface area contributed by atoms with Gasteiger partial charge in [-0.3, -0.25) is 19.7 Å². The average Bonchev–Trinajstić information content (AvgIpc) is 2.63. The van der Waals surface area contributed by atoms with Crippen LogP contribution < -0.4 is 16.8 Å². The van der Waals surface area contributed by atoms with Gasteiger partial charge in [-0.05, 0) is 12.1 Å². The topological polar surface area (TPSA) is 159 Å². The van der Waals surface area contributed by atoms with Crippen molar-refractivity contribution in [2.45, 2.75) is 0 Å². The van der Waals surface area contributed by atoms with Crippen LogP contribution in [0.5, 0.6) is 0 Å². The molecule has 3 rings (SSSR count). The van der Waals surface area contributed by atoms with Gasteiger partial charge < -0.3 is 16.2 Å². The van der Waals surface area contributed by atoms with Crippen molar-refractivity contribution in [3.63, 3.8) is 0 Å². The molecule has 0 fully saturated rings. The predicted octanol–water partition coefficient (Wildman–Crippen LogP) is 0.396. The Morgan fingerprint density at radius 2 is 1.56 bits per heavy atom. The van der Waals surface area contributed by atoms with E-state index in [1.807, 2.05) is 0 Å². The molecule has 0 saturated heterocycles. The SMILES string of the molecule is NC(=O)NC(=O)COC(=O)c1ccc2c(c1N)C(=O)c1ccccc1C2=O. The van der Waals surface area contributed by atoms with Crippen molar-refractivity contribution >= 4 is 35.2 Å². The molecule has 2 aromatic carbocycles. The minimum atomic E-state index is -1.09. The number of ether oxygens (including phenoxy) is 1. The van der Waals surface area contributed by atoms with E-state index >= 15 is 0 Å². The van der Waals surface area contributed by atoms with E-state index in [1.165, 1.54) is 24.3 Å². The number of hydrogen-bond acceptors (Lipinski definition) is 7. The Hall–Kier alpha value is -4.01. The monoisotopic (exact) mass is 367 g/mol. The number of rotatable bonds is 3. The molecular weight excluding hydrogens is 354 g/mol. The van der Waals surface area contributed by atoms with Crippen molar-refractivity contribution in [2.75, 3.05) is 12.3 Å². The quantitative estimate of drug-likeness (QED) is 0.446. The van der Waals surface area contributed by atoms with Crippen LogP contribution in [0.4, 0.5) is 10.5 Å². The Morgan fingerprint density at radius 1 is 0.926 bits per heavy atom. The molecule has 0 spiro atoms. The van der Waals surface area contributed by atoms with Crippen LogP contribution in [-0.2, 0) is 9.53 Å². The van der Waals surface area contributed by atoms with Gasteiger partial charge in [0.2, 0.25) is 0 Å². The summed E-state index contributed by atoms with van der Waals surface area (Å²) in [5.41, 5.74) is 10.8. The number of imide groups is 1. The van der Waals surface area contributed by atoms with Crippen molar-refractivity contribution in [1.29, 1.82) is 0 Å². The Balaban J connectivity index is 1.92. The summed E-state index contributed by atoms with van der Waals surface area (Å²) >= 11 is 0. The first-order valence-corrected chi connectivity index (χ1v) is 7.68. The molecule has 3 amide bonds. The van der Waals surface area contributed by atoms with Gasteiger partial charge in [-0.25, -0.2) is 9.59 Å². The number of esters is 1. The van der Waals surface area contributed by atoms with Gasteiger partial charge in [0, 0.05) is 16.7 Å². The third-order valence-corrected chi connectivity index (χ3v) is 3.95. The first-order chi connectivity index (χ1) is 12.8. The van der Waals surface area contributed by atoms with E-state index in [-0.39, 0.29) is 39.3 Å². The number of urea groups is 1. The molecule has 0 radical (unpaired) electrons. The van der Waals surface area contributed by atoms with Crippen LogP contribution in [0.3, 0.4) is 0 Å². The molecule has 1 aliphatic rings. The van der Waals surface area contributed by atoms with Crippen LogP contribution in [0.1, 0.15) is 42.2 Å². The van der Waals surface area contributed by atoms with Crippen LogP contribution >= 0.6 is 0 Å². The second-order valence-electron chi connectivity index (χ2n) is 5.64.